The summed E-state index contributed by atoms with van der Waals surface area (Å²) < 4.78 is 10.6. The lowest BCUT2D eigenvalue weighted by Crippen LogP contribution is -2.48. The summed E-state index contributed by atoms with van der Waals surface area (Å²) in [6.07, 6.45) is 0. The van der Waals surface area contributed by atoms with Crippen LogP contribution in [0.4, 0.5) is 0 Å². The third-order valence-corrected chi connectivity index (χ3v) is 2.78. The molecule has 2 unspecified atom stereocenters. The first kappa shape index (κ1) is 11.9. The van der Waals surface area contributed by atoms with Crippen molar-refractivity contribution >= 4 is 5.97 Å². The molecule has 0 aliphatic carbocycles. The molecule has 0 amide bonds. The smallest absolute Gasteiger partial charge is 0.323 e. The molecule has 0 radical (unpaired) electrons. The lowest BCUT2D eigenvalue weighted by Gasteiger charge is -2.29. The van der Waals surface area contributed by atoms with E-state index in [1.54, 1.807) is 7.11 Å². The average molecular weight is 237 g/mol. The van der Waals surface area contributed by atoms with Crippen LogP contribution < -0.4 is 10.1 Å². The maximum atomic E-state index is 10.9. The van der Waals surface area contributed by atoms with Crippen molar-refractivity contribution in [1.82, 2.24) is 5.32 Å². The second-order valence-electron chi connectivity index (χ2n) is 3.89. The molecule has 17 heavy (non-hydrogen) atoms. The summed E-state index contributed by atoms with van der Waals surface area (Å²) in [5.41, 5.74) is 0.918. The second-order valence-corrected chi connectivity index (χ2v) is 3.89. The number of carboxylic acid groups (broad SMARTS) is 1. The predicted molar refractivity (Wildman–Crippen MR) is 61.1 cm³/mol. The third kappa shape index (κ3) is 2.57. The Bertz CT molecular complexity index is 407. The van der Waals surface area contributed by atoms with Gasteiger partial charge in [-0.1, -0.05) is 18.2 Å². The minimum absolute atomic E-state index is 0.152. The molecule has 5 heteroatoms. The van der Waals surface area contributed by atoms with Crippen LogP contribution in [0.2, 0.25) is 0 Å². The van der Waals surface area contributed by atoms with E-state index in [9.17, 15) is 4.79 Å². The number of hydrogen-bond acceptors (Lipinski definition) is 4. The van der Waals surface area contributed by atoms with Gasteiger partial charge < -0.3 is 14.6 Å². The van der Waals surface area contributed by atoms with Crippen LogP contribution in [0.25, 0.3) is 0 Å². The SMILES string of the molecule is COc1ccccc1C1COCC(C(=O)O)N1. The first-order valence-electron chi connectivity index (χ1n) is 5.42. The Kier molecular flexibility index (Phi) is 3.61. The first-order chi connectivity index (χ1) is 8.22. The van der Waals surface area contributed by atoms with Crippen molar-refractivity contribution in [2.24, 2.45) is 0 Å². The van der Waals surface area contributed by atoms with Gasteiger partial charge >= 0.3 is 5.97 Å². The zero-order valence-electron chi connectivity index (χ0n) is 9.55. The van der Waals surface area contributed by atoms with Gasteiger partial charge in [0.25, 0.3) is 0 Å². The van der Waals surface area contributed by atoms with E-state index in [0.717, 1.165) is 11.3 Å². The quantitative estimate of drug-likeness (QED) is 0.814. The first-order valence-corrected chi connectivity index (χ1v) is 5.42. The Hall–Kier alpha value is -1.59. The normalized spacial score (nSPS) is 24.3. The van der Waals surface area contributed by atoms with Gasteiger partial charge in [0.05, 0.1) is 26.4 Å². The Morgan fingerprint density at radius 3 is 2.94 bits per heavy atom. The fourth-order valence-electron chi connectivity index (χ4n) is 1.92. The van der Waals surface area contributed by atoms with Crippen molar-refractivity contribution in [3.63, 3.8) is 0 Å². The number of nitrogens with one attached hydrogen (secondary N) is 1. The number of aliphatic carboxylic acids is 1. The molecular formula is C12H15NO4. The maximum absolute atomic E-state index is 10.9. The van der Waals surface area contributed by atoms with Crippen molar-refractivity contribution in [3.8, 4) is 5.75 Å². The Morgan fingerprint density at radius 1 is 1.47 bits per heavy atom. The van der Waals surface area contributed by atoms with Crippen LogP contribution in [-0.2, 0) is 9.53 Å². The van der Waals surface area contributed by atoms with Crippen molar-refractivity contribution in [2.45, 2.75) is 12.1 Å². The summed E-state index contributed by atoms with van der Waals surface area (Å²) in [5.74, 6) is -0.163. The Morgan fingerprint density at radius 2 is 2.24 bits per heavy atom. The predicted octanol–water partition coefficient (Wildman–Crippen LogP) is 0.809. The molecule has 1 fully saturated rings. The molecule has 92 valence electrons. The molecule has 1 aliphatic rings. The van der Waals surface area contributed by atoms with Gasteiger partial charge in [-0.2, -0.15) is 0 Å². The zero-order valence-corrected chi connectivity index (χ0v) is 9.55. The standard InChI is InChI=1S/C12H15NO4/c1-16-11-5-3-2-4-8(11)9-6-17-7-10(13-9)12(14)15/h2-5,9-10,13H,6-7H2,1H3,(H,14,15). The number of rotatable bonds is 3. The topological polar surface area (TPSA) is 67.8 Å². The lowest BCUT2D eigenvalue weighted by molar-refractivity contribution is -0.143. The molecule has 1 aromatic rings. The van der Waals surface area contributed by atoms with Crippen molar-refractivity contribution in [1.29, 1.82) is 0 Å². The van der Waals surface area contributed by atoms with Gasteiger partial charge in [-0.25, -0.2) is 0 Å². The number of para-hydroxylation sites is 1. The molecule has 1 saturated heterocycles. The fraction of sp³-hybridized carbons (Fsp3) is 0.417. The molecule has 0 saturated carbocycles. The highest BCUT2D eigenvalue weighted by molar-refractivity contribution is 5.73. The summed E-state index contributed by atoms with van der Waals surface area (Å²) in [6, 6.07) is 6.70. The fourth-order valence-corrected chi connectivity index (χ4v) is 1.92. The molecule has 0 aromatic heterocycles. The van der Waals surface area contributed by atoms with Crippen molar-refractivity contribution in [2.75, 3.05) is 20.3 Å². The summed E-state index contributed by atoms with van der Waals surface area (Å²) >= 11 is 0. The van der Waals surface area contributed by atoms with Gasteiger partial charge in [0, 0.05) is 5.56 Å². The molecule has 1 aromatic carbocycles. The van der Waals surface area contributed by atoms with E-state index in [1.807, 2.05) is 24.3 Å². The summed E-state index contributed by atoms with van der Waals surface area (Å²) in [7, 11) is 1.59. The van der Waals surface area contributed by atoms with Crippen LogP contribution in [0.3, 0.4) is 0 Å². The van der Waals surface area contributed by atoms with Gasteiger partial charge in [-0.05, 0) is 6.07 Å². The van der Waals surface area contributed by atoms with E-state index in [2.05, 4.69) is 5.32 Å². The van der Waals surface area contributed by atoms with Gasteiger partial charge in [-0.3, -0.25) is 10.1 Å². The van der Waals surface area contributed by atoms with Crippen LogP contribution in [0.5, 0.6) is 5.75 Å². The molecule has 2 atom stereocenters. The van der Waals surface area contributed by atoms with E-state index < -0.39 is 12.0 Å². The monoisotopic (exact) mass is 237 g/mol. The highest BCUT2D eigenvalue weighted by atomic mass is 16.5. The number of benzene rings is 1. The van der Waals surface area contributed by atoms with Crippen LogP contribution in [0.15, 0.2) is 24.3 Å². The number of methoxy groups -OCH3 is 1. The minimum Gasteiger partial charge on any atom is -0.496 e. The molecule has 5 nitrogen and oxygen atoms in total. The molecule has 1 heterocycles. The Balaban J connectivity index is 2.18. The molecular weight excluding hydrogens is 222 g/mol. The van der Waals surface area contributed by atoms with Crippen LogP contribution in [0, 0.1) is 0 Å². The molecule has 0 bridgehead atoms. The molecule has 0 spiro atoms. The lowest BCUT2D eigenvalue weighted by atomic mass is 10.0. The second kappa shape index (κ2) is 5.16. The molecule has 2 N–H and O–H groups in total. The third-order valence-electron chi connectivity index (χ3n) is 2.78. The van der Waals surface area contributed by atoms with Gasteiger partial charge in [0.2, 0.25) is 0 Å². The highest BCUT2D eigenvalue weighted by Crippen LogP contribution is 2.26. The zero-order chi connectivity index (χ0) is 12.3. The number of morpholine rings is 1. The van der Waals surface area contributed by atoms with Crippen LogP contribution in [-0.4, -0.2) is 37.4 Å². The van der Waals surface area contributed by atoms with Crippen LogP contribution >= 0.6 is 0 Å². The molecule has 1 aliphatic heterocycles. The van der Waals surface area contributed by atoms with Crippen molar-refractivity contribution < 1.29 is 19.4 Å². The van der Waals surface area contributed by atoms with E-state index in [-0.39, 0.29) is 12.6 Å². The summed E-state index contributed by atoms with van der Waals surface area (Å²) in [5, 5.41) is 12.0. The average Bonchev–Trinajstić information content (AvgIpc) is 2.39. The molecule has 2 rings (SSSR count). The number of hydrogen-bond donors (Lipinski definition) is 2. The highest BCUT2D eigenvalue weighted by Gasteiger charge is 2.28. The number of carbonyl (C=O) groups is 1. The number of ether oxygens (including phenoxy) is 2. The van der Waals surface area contributed by atoms with Crippen molar-refractivity contribution in [3.05, 3.63) is 29.8 Å². The number of carboxylic acids is 1. The van der Waals surface area contributed by atoms with Gasteiger partial charge in [0.15, 0.2) is 0 Å². The van der Waals surface area contributed by atoms with Crippen LogP contribution in [0.1, 0.15) is 11.6 Å². The van der Waals surface area contributed by atoms with E-state index in [0.29, 0.717) is 6.61 Å². The summed E-state index contributed by atoms with van der Waals surface area (Å²) in [4.78, 5) is 10.9. The van der Waals surface area contributed by atoms with Gasteiger partial charge in [0.1, 0.15) is 11.8 Å². The largest absolute Gasteiger partial charge is 0.496 e. The van der Waals surface area contributed by atoms with Gasteiger partial charge in [-0.15, -0.1) is 0 Å². The Labute approximate surface area is 99.3 Å². The summed E-state index contributed by atoms with van der Waals surface area (Å²) in [6.45, 7) is 0.644. The van der Waals surface area contributed by atoms with E-state index >= 15 is 0 Å². The minimum atomic E-state index is -0.899. The van der Waals surface area contributed by atoms with E-state index in [4.69, 9.17) is 14.6 Å². The maximum Gasteiger partial charge on any atom is 0.323 e. The van der Waals surface area contributed by atoms with E-state index in [1.165, 1.54) is 0 Å².